The lowest BCUT2D eigenvalue weighted by Gasteiger charge is -2.25. The number of hydrogen-bond donors (Lipinski definition) is 4. The quantitative estimate of drug-likeness (QED) is 0.300. The van der Waals surface area contributed by atoms with Gasteiger partial charge in [0.05, 0.1) is 18.1 Å². The second-order valence-electron chi connectivity index (χ2n) is 6.92. The lowest BCUT2D eigenvalue weighted by Crippen LogP contribution is -2.40. The maximum atomic E-state index is 13.1. The van der Waals surface area contributed by atoms with Crippen LogP contribution < -0.4 is 15.8 Å². The van der Waals surface area contributed by atoms with Gasteiger partial charge in [0, 0.05) is 30.9 Å². The Morgan fingerprint density at radius 1 is 1.20 bits per heavy atom. The molecule has 8 nitrogen and oxygen atoms in total. The van der Waals surface area contributed by atoms with Gasteiger partial charge in [0.15, 0.2) is 0 Å². The van der Waals surface area contributed by atoms with Crippen molar-refractivity contribution in [3.63, 3.8) is 0 Å². The highest BCUT2D eigenvalue weighted by molar-refractivity contribution is 7.89. The molecule has 0 spiro atoms. The number of rotatable bonds is 12. The number of unbranched alkanes of at least 4 members (excludes halogenated alkanes) is 1. The van der Waals surface area contributed by atoms with E-state index in [0.29, 0.717) is 24.3 Å². The van der Waals surface area contributed by atoms with Gasteiger partial charge in [-0.2, -0.15) is 4.31 Å². The Bertz CT molecular complexity index is 915. The Labute approximate surface area is 178 Å². The van der Waals surface area contributed by atoms with Crippen LogP contribution in [0.4, 0.5) is 5.69 Å². The highest BCUT2D eigenvalue weighted by Crippen LogP contribution is 2.20. The fraction of sp³-hybridized carbons (Fsp3) is 0.381. The van der Waals surface area contributed by atoms with Crippen LogP contribution in [0.2, 0.25) is 0 Å². The van der Waals surface area contributed by atoms with Crippen LogP contribution in [0, 0.1) is 5.41 Å². The van der Waals surface area contributed by atoms with E-state index in [4.69, 9.17) is 15.9 Å². The zero-order chi connectivity index (χ0) is 22.1. The molecule has 0 amide bonds. The summed E-state index contributed by atoms with van der Waals surface area (Å²) >= 11 is 0. The lowest BCUT2D eigenvalue weighted by atomic mass is 10.2. The standard InChI is InChI=1S/C21H30N4O4S/c1-3-4-13-25(30(27,28)20-11-9-19(29-2)10-12-20)15-18(26)14-24-17-7-5-16(6-8-17)21(22)23/h5-12,18,24,26H,3-4,13-15H2,1-2H3,(H3,22,23). The van der Waals surface area contributed by atoms with Gasteiger partial charge in [-0.1, -0.05) is 13.3 Å². The molecule has 0 aromatic heterocycles. The van der Waals surface area contributed by atoms with Gasteiger partial charge < -0.3 is 20.9 Å². The number of nitrogens with zero attached hydrogens (tertiary/aromatic N) is 1. The second-order valence-corrected chi connectivity index (χ2v) is 8.86. The molecule has 9 heteroatoms. The number of nitrogen functional groups attached to an aromatic ring is 1. The first-order valence-corrected chi connectivity index (χ1v) is 11.2. The van der Waals surface area contributed by atoms with E-state index in [1.165, 1.54) is 23.5 Å². The fourth-order valence-electron chi connectivity index (χ4n) is 2.84. The first kappa shape index (κ1) is 23.7. The predicted octanol–water partition coefficient (Wildman–Crippen LogP) is 2.24. The lowest BCUT2D eigenvalue weighted by molar-refractivity contribution is 0.156. The van der Waals surface area contributed by atoms with Crippen molar-refractivity contribution in [2.45, 2.75) is 30.8 Å². The Kier molecular flexibility index (Phi) is 8.64. The molecule has 0 aliphatic rings. The van der Waals surface area contributed by atoms with Crippen molar-refractivity contribution < 1.29 is 18.3 Å². The third kappa shape index (κ3) is 6.45. The van der Waals surface area contributed by atoms with Gasteiger partial charge in [0.25, 0.3) is 0 Å². The number of aliphatic hydroxyl groups excluding tert-OH is 1. The molecule has 0 aliphatic carbocycles. The third-order valence-electron chi connectivity index (χ3n) is 4.61. The van der Waals surface area contributed by atoms with Crippen LogP contribution in [0.25, 0.3) is 0 Å². The van der Waals surface area contributed by atoms with E-state index in [1.807, 2.05) is 6.92 Å². The normalized spacial score (nSPS) is 12.5. The number of ether oxygens (including phenoxy) is 1. The topological polar surface area (TPSA) is 129 Å². The maximum Gasteiger partial charge on any atom is 0.243 e. The van der Waals surface area contributed by atoms with Crippen LogP contribution in [-0.2, 0) is 10.0 Å². The van der Waals surface area contributed by atoms with Crippen LogP contribution in [-0.4, -0.2) is 56.5 Å². The van der Waals surface area contributed by atoms with Gasteiger partial charge in [-0.25, -0.2) is 8.42 Å². The van der Waals surface area contributed by atoms with E-state index >= 15 is 0 Å². The molecule has 0 radical (unpaired) electrons. The molecule has 1 unspecified atom stereocenters. The van der Waals surface area contributed by atoms with E-state index in [-0.39, 0.29) is 23.8 Å². The number of aliphatic hydroxyl groups is 1. The monoisotopic (exact) mass is 434 g/mol. The minimum Gasteiger partial charge on any atom is -0.497 e. The number of methoxy groups -OCH3 is 1. The number of hydrogen-bond acceptors (Lipinski definition) is 6. The van der Waals surface area contributed by atoms with Crippen molar-refractivity contribution in [3.8, 4) is 5.75 Å². The Balaban J connectivity index is 2.05. The number of amidine groups is 1. The Morgan fingerprint density at radius 3 is 2.37 bits per heavy atom. The van der Waals surface area contributed by atoms with Crippen molar-refractivity contribution in [3.05, 3.63) is 54.1 Å². The Hall–Kier alpha value is -2.62. The largest absolute Gasteiger partial charge is 0.497 e. The summed E-state index contributed by atoms with van der Waals surface area (Å²) in [5.74, 6) is 0.561. The summed E-state index contributed by atoms with van der Waals surface area (Å²) in [4.78, 5) is 0.166. The summed E-state index contributed by atoms with van der Waals surface area (Å²) in [5, 5.41) is 21.0. The molecule has 2 rings (SSSR count). The molecule has 164 valence electrons. The molecule has 1 atom stereocenters. The van der Waals surface area contributed by atoms with Crippen molar-refractivity contribution in [2.75, 3.05) is 32.1 Å². The van der Waals surface area contributed by atoms with E-state index in [0.717, 1.165) is 12.1 Å². The highest BCUT2D eigenvalue weighted by Gasteiger charge is 2.26. The second kappa shape index (κ2) is 11.0. The molecule has 5 N–H and O–H groups in total. The van der Waals surface area contributed by atoms with E-state index < -0.39 is 16.1 Å². The fourth-order valence-corrected chi connectivity index (χ4v) is 4.36. The molecule has 0 fully saturated rings. The maximum absolute atomic E-state index is 13.1. The van der Waals surface area contributed by atoms with Gasteiger partial charge in [-0.3, -0.25) is 5.41 Å². The minimum atomic E-state index is -3.74. The van der Waals surface area contributed by atoms with E-state index in [9.17, 15) is 13.5 Å². The van der Waals surface area contributed by atoms with Crippen LogP contribution in [0.15, 0.2) is 53.4 Å². The molecule has 0 heterocycles. The molecular weight excluding hydrogens is 404 g/mol. The van der Waals surface area contributed by atoms with Crippen LogP contribution in [0.5, 0.6) is 5.75 Å². The van der Waals surface area contributed by atoms with Crippen molar-refractivity contribution in [2.24, 2.45) is 5.73 Å². The molecule has 0 bridgehead atoms. The number of benzene rings is 2. The molecule has 2 aromatic rings. The average Bonchev–Trinajstić information content (AvgIpc) is 2.75. The molecule has 2 aromatic carbocycles. The SMILES string of the molecule is CCCCN(CC(O)CNc1ccc(C(=N)N)cc1)S(=O)(=O)c1ccc(OC)cc1. The summed E-state index contributed by atoms with van der Waals surface area (Å²) in [6, 6.07) is 13.2. The van der Waals surface area contributed by atoms with Crippen molar-refractivity contribution in [1.29, 1.82) is 5.41 Å². The average molecular weight is 435 g/mol. The zero-order valence-corrected chi connectivity index (χ0v) is 18.2. The van der Waals surface area contributed by atoms with Crippen molar-refractivity contribution >= 4 is 21.5 Å². The van der Waals surface area contributed by atoms with E-state index in [2.05, 4.69) is 5.32 Å². The number of sulfonamides is 1. The van der Waals surface area contributed by atoms with Gasteiger partial charge in [0.1, 0.15) is 11.6 Å². The van der Waals surface area contributed by atoms with Gasteiger partial charge in [0.2, 0.25) is 10.0 Å². The smallest absolute Gasteiger partial charge is 0.243 e. The summed E-state index contributed by atoms with van der Waals surface area (Å²) in [6.07, 6.45) is 0.635. The molecule has 0 aliphatic heterocycles. The third-order valence-corrected chi connectivity index (χ3v) is 6.49. The van der Waals surface area contributed by atoms with Crippen LogP contribution >= 0.6 is 0 Å². The van der Waals surface area contributed by atoms with Crippen LogP contribution in [0.1, 0.15) is 25.3 Å². The van der Waals surface area contributed by atoms with Crippen LogP contribution in [0.3, 0.4) is 0 Å². The summed E-state index contributed by atoms with van der Waals surface area (Å²) in [6.45, 7) is 2.48. The molecule has 0 saturated heterocycles. The number of anilines is 1. The zero-order valence-electron chi connectivity index (χ0n) is 17.3. The van der Waals surface area contributed by atoms with E-state index in [1.54, 1.807) is 36.4 Å². The molecular formula is C21H30N4O4S. The molecule has 30 heavy (non-hydrogen) atoms. The number of nitrogens with two attached hydrogens (primary N) is 1. The first-order chi connectivity index (χ1) is 14.3. The minimum absolute atomic E-state index is 0.0168. The Morgan fingerprint density at radius 2 is 1.83 bits per heavy atom. The number of nitrogens with one attached hydrogen (secondary N) is 2. The molecule has 0 saturated carbocycles. The highest BCUT2D eigenvalue weighted by atomic mass is 32.2. The predicted molar refractivity (Wildman–Crippen MR) is 119 cm³/mol. The summed E-state index contributed by atoms with van der Waals surface area (Å²) in [5.41, 5.74) is 6.80. The summed E-state index contributed by atoms with van der Waals surface area (Å²) in [7, 11) is -2.22. The first-order valence-electron chi connectivity index (χ1n) is 9.78. The van der Waals surface area contributed by atoms with Gasteiger partial charge in [-0.15, -0.1) is 0 Å². The van der Waals surface area contributed by atoms with Gasteiger partial charge in [-0.05, 0) is 55.0 Å². The van der Waals surface area contributed by atoms with Gasteiger partial charge >= 0.3 is 0 Å². The van der Waals surface area contributed by atoms with Crippen molar-refractivity contribution in [1.82, 2.24) is 4.31 Å². The summed E-state index contributed by atoms with van der Waals surface area (Å²) < 4.78 is 32.6.